The lowest BCUT2D eigenvalue weighted by Crippen LogP contribution is -2.14. The van der Waals surface area contributed by atoms with Gasteiger partial charge in [-0.3, -0.25) is 4.79 Å². The Labute approximate surface area is 118 Å². The maximum Gasteiger partial charge on any atom is 0.228 e. The fourth-order valence-electron chi connectivity index (χ4n) is 1.89. The largest absolute Gasteiger partial charge is 0.497 e. The molecular weight excluding hydrogens is 252 g/mol. The zero-order chi connectivity index (χ0) is 14.5. The van der Waals surface area contributed by atoms with Crippen LogP contribution in [0, 0.1) is 6.92 Å². The molecule has 0 aliphatic heterocycles. The Kier molecular flexibility index (Phi) is 4.25. The highest BCUT2D eigenvalue weighted by Gasteiger charge is 2.06. The third-order valence-electron chi connectivity index (χ3n) is 3.06. The third-order valence-corrected chi connectivity index (χ3v) is 3.06. The molecule has 0 aliphatic carbocycles. The van der Waals surface area contributed by atoms with Crippen molar-refractivity contribution in [3.05, 3.63) is 53.6 Å². The number of anilines is 2. The summed E-state index contributed by atoms with van der Waals surface area (Å²) in [6, 6.07) is 13.0. The molecule has 0 saturated heterocycles. The van der Waals surface area contributed by atoms with Crippen LogP contribution >= 0.6 is 0 Å². The van der Waals surface area contributed by atoms with Crippen molar-refractivity contribution < 1.29 is 9.53 Å². The van der Waals surface area contributed by atoms with E-state index in [1.54, 1.807) is 13.2 Å². The summed E-state index contributed by atoms with van der Waals surface area (Å²) >= 11 is 0. The van der Waals surface area contributed by atoms with Gasteiger partial charge in [0.05, 0.1) is 13.5 Å². The highest BCUT2D eigenvalue weighted by molar-refractivity contribution is 5.92. The number of carbonyl (C=O) groups is 1. The standard InChI is InChI=1S/C16H18N2O2/c1-11-6-7-13(10-15(11)17)18-16(19)9-12-4-3-5-14(8-12)20-2/h3-8,10H,9,17H2,1-2H3,(H,18,19). The molecule has 2 aromatic carbocycles. The van der Waals surface area contributed by atoms with Crippen molar-refractivity contribution in [1.29, 1.82) is 0 Å². The van der Waals surface area contributed by atoms with E-state index >= 15 is 0 Å². The van der Waals surface area contributed by atoms with Crippen LogP contribution in [-0.2, 0) is 11.2 Å². The lowest BCUT2D eigenvalue weighted by molar-refractivity contribution is -0.115. The van der Waals surface area contributed by atoms with Crippen LogP contribution in [-0.4, -0.2) is 13.0 Å². The minimum Gasteiger partial charge on any atom is -0.497 e. The average Bonchev–Trinajstić information content (AvgIpc) is 2.43. The third kappa shape index (κ3) is 3.51. The second-order valence-corrected chi connectivity index (χ2v) is 4.65. The summed E-state index contributed by atoms with van der Waals surface area (Å²) in [6.07, 6.45) is 0.297. The normalized spacial score (nSPS) is 10.1. The van der Waals surface area contributed by atoms with E-state index in [1.165, 1.54) is 0 Å². The Bertz CT molecular complexity index is 624. The molecule has 3 N–H and O–H groups in total. The Morgan fingerprint density at radius 2 is 2.05 bits per heavy atom. The number of amides is 1. The van der Waals surface area contributed by atoms with Gasteiger partial charge >= 0.3 is 0 Å². The number of methoxy groups -OCH3 is 1. The van der Waals surface area contributed by atoms with E-state index in [-0.39, 0.29) is 5.91 Å². The van der Waals surface area contributed by atoms with Crippen molar-refractivity contribution in [2.45, 2.75) is 13.3 Å². The van der Waals surface area contributed by atoms with Crippen LogP contribution in [0.15, 0.2) is 42.5 Å². The lowest BCUT2D eigenvalue weighted by Gasteiger charge is -2.08. The van der Waals surface area contributed by atoms with Crippen LogP contribution in [0.4, 0.5) is 11.4 Å². The van der Waals surface area contributed by atoms with E-state index in [0.29, 0.717) is 17.8 Å². The van der Waals surface area contributed by atoms with Crippen molar-refractivity contribution in [3.8, 4) is 5.75 Å². The fourth-order valence-corrected chi connectivity index (χ4v) is 1.89. The molecule has 1 amide bonds. The Balaban J connectivity index is 2.03. The molecule has 4 nitrogen and oxygen atoms in total. The van der Waals surface area contributed by atoms with Gasteiger partial charge in [-0.2, -0.15) is 0 Å². The maximum atomic E-state index is 12.0. The first-order valence-corrected chi connectivity index (χ1v) is 6.37. The predicted octanol–water partition coefficient (Wildman–Crippen LogP) is 2.77. The monoisotopic (exact) mass is 270 g/mol. The quantitative estimate of drug-likeness (QED) is 0.840. The van der Waals surface area contributed by atoms with E-state index in [2.05, 4.69) is 5.32 Å². The molecule has 0 aromatic heterocycles. The van der Waals surface area contributed by atoms with Gasteiger partial charge in [0.2, 0.25) is 5.91 Å². The van der Waals surface area contributed by atoms with Crippen LogP contribution in [0.2, 0.25) is 0 Å². The summed E-state index contributed by atoms with van der Waals surface area (Å²) in [6.45, 7) is 1.93. The highest BCUT2D eigenvalue weighted by atomic mass is 16.5. The number of carbonyl (C=O) groups excluding carboxylic acids is 1. The molecule has 0 spiro atoms. The van der Waals surface area contributed by atoms with E-state index in [9.17, 15) is 4.79 Å². The zero-order valence-electron chi connectivity index (χ0n) is 11.6. The summed E-state index contributed by atoms with van der Waals surface area (Å²) in [7, 11) is 1.61. The van der Waals surface area contributed by atoms with Crippen molar-refractivity contribution in [1.82, 2.24) is 0 Å². The molecule has 2 aromatic rings. The second-order valence-electron chi connectivity index (χ2n) is 4.65. The molecule has 4 heteroatoms. The zero-order valence-corrected chi connectivity index (χ0v) is 11.6. The number of benzene rings is 2. The summed E-state index contributed by atoms with van der Waals surface area (Å²) in [5, 5.41) is 2.84. The molecule has 0 fully saturated rings. The smallest absolute Gasteiger partial charge is 0.228 e. The average molecular weight is 270 g/mol. The number of hydrogen-bond acceptors (Lipinski definition) is 3. The summed E-state index contributed by atoms with van der Waals surface area (Å²) in [5.41, 5.74) is 9.10. The van der Waals surface area contributed by atoms with E-state index in [0.717, 1.165) is 16.9 Å². The van der Waals surface area contributed by atoms with Crippen molar-refractivity contribution in [2.75, 3.05) is 18.2 Å². The number of nitrogen functional groups attached to an aromatic ring is 1. The van der Waals surface area contributed by atoms with Gasteiger partial charge in [0.1, 0.15) is 5.75 Å². The molecule has 0 aliphatic rings. The maximum absolute atomic E-state index is 12.0. The topological polar surface area (TPSA) is 64.3 Å². The van der Waals surface area contributed by atoms with Crippen LogP contribution in [0.25, 0.3) is 0 Å². The molecule has 2 rings (SSSR count). The van der Waals surface area contributed by atoms with E-state index in [4.69, 9.17) is 10.5 Å². The summed E-state index contributed by atoms with van der Waals surface area (Å²) < 4.78 is 5.14. The predicted molar refractivity (Wildman–Crippen MR) is 80.9 cm³/mol. The SMILES string of the molecule is COc1cccc(CC(=O)Nc2ccc(C)c(N)c2)c1. The number of rotatable bonds is 4. The molecule has 104 valence electrons. The Morgan fingerprint density at radius 1 is 1.25 bits per heavy atom. The van der Waals surface area contributed by atoms with Gasteiger partial charge in [-0.25, -0.2) is 0 Å². The lowest BCUT2D eigenvalue weighted by atomic mass is 10.1. The van der Waals surface area contributed by atoms with Crippen molar-refractivity contribution >= 4 is 17.3 Å². The number of aryl methyl sites for hydroxylation is 1. The Hall–Kier alpha value is -2.49. The van der Waals surface area contributed by atoms with Crippen molar-refractivity contribution in [3.63, 3.8) is 0 Å². The van der Waals surface area contributed by atoms with Gasteiger partial charge in [-0.1, -0.05) is 18.2 Å². The van der Waals surface area contributed by atoms with Crippen LogP contribution < -0.4 is 15.8 Å². The number of nitrogens with two attached hydrogens (primary N) is 1. The fraction of sp³-hybridized carbons (Fsp3) is 0.188. The summed E-state index contributed by atoms with van der Waals surface area (Å²) in [5.74, 6) is 0.663. The van der Waals surface area contributed by atoms with Gasteiger partial charge in [0.25, 0.3) is 0 Å². The molecule has 0 bridgehead atoms. The first kappa shape index (κ1) is 13.9. The van der Waals surface area contributed by atoms with Crippen LogP contribution in [0.3, 0.4) is 0 Å². The molecule has 0 saturated carbocycles. The summed E-state index contributed by atoms with van der Waals surface area (Å²) in [4.78, 5) is 12.0. The Morgan fingerprint density at radius 3 is 2.75 bits per heavy atom. The first-order valence-electron chi connectivity index (χ1n) is 6.37. The number of hydrogen-bond donors (Lipinski definition) is 2. The minimum atomic E-state index is -0.0819. The van der Waals surface area contributed by atoms with Crippen LogP contribution in [0.5, 0.6) is 5.75 Å². The first-order chi connectivity index (χ1) is 9.58. The second kappa shape index (κ2) is 6.10. The molecule has 0 heterocycles. The van der Waals surface area contributed by atoms with E-state index in [1.807, 2.05) is 43.3 Å². The number of nitrogens with one attached hydrogen (secondary N) is 1. The molecule has 0 radical (unpaired) electrons. The van der Waals surface area contributed by atoms with Gasteiger partial charge in [0.15, 0.2) is 0 Å². The van der Waals surface area contributed by atoms with Gasteiger partial charge in [0, 0.05) is 11.4 Å². The van der Waals surface area contributed by atoms with Gasteiger partial charge < -0.3 is 15.8 Å². The van der Waals surface area contributed by atoms with Crippen molar-refractivity contribution in [2.24, 2.45) is 0 Å². The van der Waals surface area contributed by atoms with Gasteiger partial charge in [-0.05, 0) is 42.3 Å². The van der Waals surface area contributed by atoms with Gasteiger partial charge in [-0.15, -0.1) is 0 Å². The molecule has 0 atom stereocenters. The molecular formula is C16H18N2O2. The van der Waals surface area contributed by atoms with E-state index < -0.39 is 0 Å². The molecule has 0 unspecified atom stereocenters. The molecule has 20 heavy (non-hydrogen) atoms. The van der Waals surface area contributed by atoms with Crippen LogP contribution in [0.1, 0.15) is 11.1 Å². The highest BCUT2D eigenvalue weighted by Crippen LogP contribution is 2.18. The minimum absolute atomic E-state index is 0.0819. The number of ether oxygens (including phenoxy) is 1.